The van der Waals surface area contributed by atoms with Gasteiger partial charge in [0.2, 0.25) is 0 Å². The van der Waals surface area contributed by atoms with Crippen molar-refractivity contribution >= 4 is 29.2 Å². The van der Waals surface area contributed by atoms with Gasteiger partial charge in [-0.15, -0.1) is 0 Å². The molecule has 0 radical (unpaired) electrons. The summed E-state index contributed by atoms with van der Waals surface area (Å²) in [6.45, 7) is 2.70. The van der Waals surface area contributed by atoms with E-state index >= 15 is 0 Å². The minimum atomic E-state index is -0.817. The van der Waals surface area contributed by atoms with Gasteiger partial charge in [-0.05, 0) is 44.0 Å². The van der Waals surface area contributed by atoms with Crippen molar-refractivity contribution in [1.29, 1.82) is 0 Å². The van der Waals surface area contributed by atoms with Crippen molar-refractivity contribution < 1.29 is 14.3 Å². The van der Waals surface area contributed by atoms with Crippen molar-refractivity contribution in [3.8, 4) is 0 Å². The Morgan fingerprint density at radius 3 is 2.85 bits per heavy atom. The van der Waals surface area contributed by atoms with Gasteiger partial charge in [-0.2, -0.15) is 0 Å². The van der Waals surface area contributed by atoms with Crippen LogP contribution in [0, 0.1) is 5.82 Å². The number of nitrogens with zero attached hydrogens (tertiary/aromatic N) is 1. The zero-order valence-electron chi connectivity index (χ0n) is 11.1. The molecule has 2 unspecified atom stereocenters. The van der Waals surface area contributed by atoms with Crippen molar-refractivity contribution in [1.82, 2.24) is 4.90 Å². The lowest BCUT2D eigenvalue weighted by molar-refractivity contribution is -0.138. The highest BCUT2D eigenvalue weighted by atomic mass is 35.5. The van der Waals surface area contributed by atoms with Crippen LogP contribution in [0.1, 0.15) is 37.8 Å². The van der Waals surface area contributed by atoms with Crippen LogP contribution in [-0.4, -0.2) is 28.6 Å². The van der Waals surface area contributed by atoms with E-state index in [0.29, 0.717) is 10.6 Å². The molecule has 0 aliphatic carbocycles. The van der Waals surface area contributed by atoms with Crippen molar-refractivity contribution in [2.45, 2.75) is 38.3 Å². The number of benzene rings is 1. The molecular weight excluding hydrogens is 304 g/mol. The lowest BCUT2D eigenvalue weighted by atomic mass is 10.0. The molecule has 0 amide bonds. The normalized spacial score (nSPS) is 21.1. The molecule has 0 saturated carbocycles. The van der Waals surface area contributed by atoms with Gasteiger partial charge in [0.15, 0.2) is 0 Å². The minimum Gasteiger partial charge on any atom is -0.481 e. The molecule has 1 fully saturated rings. The van der Waals surface area contributed by atoms with Crippen molar-refractivity contribution in [3.63, 3.8) is 0 Å². The van der Waals surface area contributed by atoms with Gasteiger partial charge < -0.3 is 5.11 Å². The van der Waals surface area contributed by atoms with Crippen LogP contribution in [0.3, 0.4) is 0 Å². The summed E-state index contributed by atoms with van der Waals surface area (Å²) in [6.07, 6.45) is 1.87. The summed E-state index contributed by atoms with van der Waals surface area (Å²) in [6, 6.07) is 2.57. The maximum atomic E-state index is 13.6. The first-order chi connectivity index (χ1) is 9.40. The number of carboxylic acid groups (broad SMARTS) is 1. The molecule has 0 bridgehead atoms. The average molecular weight is 320 g/mol. The van der Waals surface area contributed by atoms with Gasteiger partial charge >= 0.3 is 5.97 Å². The molecule has 20 heavy (non-hydrogen) atoms. The van der Waals surface area contributed by atoms with E-state index < -0.39 is 11.8 Å². The van der Waals surface area contributed by atoms with E-state index in [9.17, 15) is 9.18 Å². The molecule has 1 aliphatic heterocycles. The molecule has 1 saturated heterocycles. The van der Waals surface area contributed by atoms with E-state index in [1.807, 2.05) is 6.92 Å². The highest BCUT2D eigenvalue weighted by Crippen LogP contribution is 2.35. The Morgan fingerprint density at radius 2 is 2.20 bits per heavy atom. The second-order valence-electron chi connectivity index (χ2n) is 5.10. The largest absolute Gasteiger partial charge is 0.481 e. The van der Waals surface area contributed by atoms with Crippen molar-refractivity contribution in [2.75, 3.05) is 6.54 Å². The molecule has 0 aromatic heterocycles. The summed E-state index contributed by atoms with van der Waals surface area (Å²) in [5.41, 5.74) is 0.644. The van der Waals surface area contributed by atoms with Gasteiger partial charge in [-0.3, -0.25) is 9.69 Å². The Bertz CT molecular complexity index is 524. The fraction of sp³-hybridized carbons (Fsp3) is 0.500. The molecule has 6 heteroatoms. The van der Waals surface area contributed by atoms with E-state index in [1.54, 1.807) is 0 Å². The van der Waals surface area contributed by atoms with Crippen LogP contribution in [0.5, 0.6) is 0 Å². The monoisotopic (exact) mass is 319 g/mol. The van der Waals surface area contributed by atoms with Crippen LogP contribution in [0.2, 0.25) is 10.0 Å². The maximum Gasteiger partial charge on any atom is 0.304 e. The van der Waals surface area contributed by atoms with Crippen LogP contribution in [0.4, 0.5) is 4.39 Å². The first kappa shape index (κ1) is 15.5. The smallest absolute Gasteiger partial charge is 0.304 e. The number of aliphatic carboxylic acids is 1. The van der Waals surface area contributed by atoms with E-state index in [4.69, 9.17) is 28.3 Å². The second-order valence-corrected chi connectivity index (χ2v) is 5.91. The van der Waals surface area contributed by atoms with E-state index in [-0.39, 0.29) is 23.5 Å². The molecule has 1 aromatic rings. The molecule has 3 nitrogen and oxygen atoms in total. The number of hydrogen-bond donors (Lipinski definition) is 1. The molecule has 2 rings (SSSR count). The van der Waals surface area contributed by atoms with Gasteiger partial charge in [0.1, 0.15) is 5.82 Å². The summed E-state index contributed by atoms with van der Waals surface area (Å²) >= 11 is 11.8. The number of rotatable bonds is 4. The summed E-state index contributed by atoms with van der Waals surface area (Å²) in [5, 5.41) is 9.35. The summed E-state index contributed by atoms with van der Waals surface area (Å²) in [4.78, 5) is 13.0. The fourth-order valence-corrected chi connectivity index (χ4v) is 3.37. The predicted octanol–water partition coefficient (Wildman–Crippen LogP) is 4.13. The Balaban J connectivity index is 2.24. The quantitative estimate of drug-likeness (QED) is 0.848. The second kappa shape index (κ2) is 6.29. The molecule has 1 aromatic carbocycles. The number of halogens is 3. The standard InChI is InChI=1S/C14H16Cl2FNO2/c1-8(10-6-13(17)12(16)7-11(10)15)18-4-2-3-9(18)5-14(19)20/h6-9H,2-5H2,1H3,(H,19,20). The van der Waals surface area contributed by atoms with Gasteiger partial charge in [-0.1, -0.05) is 23.2 Å². The van der Waals surface area contributed by atoms with Crippen LogP contribution < -0.4 is 0 Å². The van der Waals surface area contributed by atoms with Crippen LogP contribution >= 0.6 is 23.2 Å². The Kier molecular flexibility index (Phi) is 4.89. The molecule has 1 aliphatic rings. The van der Waals surface area contributed by atoms with E-state index in [0.717, 1.165) is 19.4 Å². The van der Waals surface area contributed by atoms with Crippen molar-refractivity contribution in [2.24, 2.45) is 0 Å². The zero-order valence-corrected chi connectivity index (χ0v) is 12.6. The van der Waals surface area contributed by atoms with E-state index in [2.05, 4.69) is 4.90 Å². The van der Waals surface area contributed by atoms with Crippen LogP contribution in [0.15, 0.2) is 12.1 Å². The fourth-order valence-electron chi connectivity index (χ4n) is 2.83. The lowest BCUT2D eigenvalue weighted by Gasteiger charge is -2.30. The first-order valence-electron chi connectivity index (χ1n) is 6.52. The van der Waals surface area contributed by atoms with Gasteiger partial charge in [0.25, 0.3) is 0 Å². The number of carboxylic acids is 1. The maximum absolute atomic E-state index is 13.6. The zero-order chi connectivity index (χ0) is 14.9. The minimum absolute atomic E-state index is 0.00513. The molecule has 2 atom stereocenters. The Morgan fingerprint density at radius 1 is 1.50 bits per heavy atom. The highest BCUT2D eigenvalue weighted by molar-refractivity contribution is 6.35. The SMILES string of the molecule is CC(c1cc(F)c(Cl)cc1Cl)N1CCCC1CC(=O)O. The molecule has 110 valence electrons. The number of carbonyl (C=O) groups is 1. The van der Waals surface area contributed by atoms with Gasteiger partial charge in [0.05, 0.1) is 11.4 Å². The summed E-state index contributed by atoms with van der Waals surface area (Å²) < 4.78 is 13.6. The topological polar surface area (TPSA) is 40.5 Å². The molecule has 1 N–H and O–H groups in total. The Hall–Kier alpha value is -0.840. The Labute approximate surface area is 127 Å². The molecule has 0 spiro atoms. The van der Waals surface area contributed by atoms with Crippen LogP contribution in [0.25, 0.3) is 0 Å². The predicted molar refractivity (Wildman–Crippen MR) is 76.8 cm³/mol. The molecular formula is C14H16Cl2FNO2. The van der Waals surface area contributed by atoms with Crippen LogP contribution in [-0.2, 0) is 4.79 Å². The third-order valence-corrected chi connectivity index (χ3v) is 4.44. The summed E-state index contributed by atoms with van der Waals surface area (Å²) in [7, 11) is 0. The average Bonchev–Trinajstić information content (AvgIpc) is 2.80. The third-order valence-electron chi connectivity index (χ3n) is 3.82. The first-order valence-corrected chi connectivity index (χ1v) is 7.27. The van der Waals surface area contributed by atoms with E-state index in [1.165, 1.54) is 12.1 Å². The lowest BCUT2D eigenvalue weighted by Crippen LogP contribution is -2.33. The highest BCUT2D eigenvalue weighted by Gasteiger charge is 2.31. The van der Waals surface area contributed by atoms with Gasteiger partial charge in [0, 0.05) is 17.1 Å². The summed E-state index contributed by atoms with van der Waals surface area (Å²) in [5.74, 6) is -1.32. The molecule has 1 heterocycles. The third kappa shape index (κ3) is 3.25. The van der Waals surface area contributed by atoms with Gasteiger partial charge in [-0.25, -0.2) is 4.39 Å². The number of likely N-dealkylation sites (tertiary alicyclic amines) is 1. The van der Waals surface area contributed by atoms with Crippen molar-refractivity contribution in [3.05, 3.63) is 33.6 Å². The number of hydrogen-bond acceptors (Lipinski definition) is 2.